The van der Waals surface area contributed by atoms with Crippen LogP contribution in [0.4, 0.5) is 0 Å². The van der Waals surface area contributed by atoms with E-state index in [0.29, 0.717) is 35.1 Å². The fraction of sp³-hybridized carbons (Fsp3) is 0.214. The first-order valence-electron chi connectivity index (χ1n) is 11.2. The summed E-state index contributed by atoms with van der Waals surface area (Å²) in [7, 11) is 4.71. The van der Waals surface area contributed by atoms with Crippen LogP contribution in [-0.4, -0.2) is 38.8 Å². The van der Waals surface area contributed by atoms with Crippen molar-refractivity contribution in [1.29, 1.82) is 0 Å². The van der Waals surface area contributed by atoms with E-state index >= 15 is 0 Å². The molecule has 0 saturated heterocycles. The molecule has 0 fully saturated rings. The monoisotopic (exact) mass is 456 g/mol. The summed E-state index contributed by atoms with van der Waals surface area (Å²) in [5.41, 5.74) is 3.99. The molecule has 6 nitrogen and oxygen atoms in total. The van der Waals surface area contributed by atoms with Crippen LogP contribution in [0.2, 0.25) is 0 Å². The zero-order chi connectivity index (χ0) is 23.9. The number of hydrogen-bond acceptors (Lipinski definition) is 5. The Morgan fingerprint density at radius 3 is 2.21 bits per heavy atom. The number of ether oxygens (including phenoxy) is 3. The van der Waals surface area contributed by atoms with E-state index in [2.05, 4.69) is 17.4 Å². The second kappa shape index (κ2) is 10.7. The summed E-state index contributed by atoms with van der Waals surface area (Å²) in [5.74, 6) is 1.43. The Morgan fingerprint density at radius 1 is 0.853 bits per heavy atom. The van der Waals surface area contributed by atoms with Gasteiger partial charge in [-0.2, -0.15) is 0 Å². The molecule has 174 valence electrons. The molecule has 4 rings (SSSR count). The number of aryl methyl sites for hydroxylation is 1. The van der Waals surface area contributed by atoms with Crippen LogP contribution in [0.5, 0.6) is 17.2 Å². The van der Waals surface area contributed by atoms with Crippen LogP contribution in [0.15, 0.2) is 72.8 Å². The van der Waals surface area contributed by atoms with Gasteiger partial charge in [-0.3, -0.25) is 4.79 Å². The molecule has 1 heterocycles. The van der Waals surface area contributed by atoms with E-state index in [-0.39, 0.29) is 5.91 Å². The molecule has 0 aliphatic heterocycles. The number of hydrogen-bond donors (Lipinski definition) is 1. The van der Waals surface area contributed by atoms with Crippen LogP contribution in [0, 0.1) is 0 Å². The third-order valence-corrected chi connectivity index (χ3v) is 5.69. The number of fused-ring (bicyclic) bond motifs is 1. The summed E-state index contributed by atoms with van der Waals surface area (Å²) in [6.45, 7) is 0.587. The predicted molar refractivity (Wildman–Crippen MR) is 134 cm³/mol. The van der Waals surface area contributed by atoms with E-state index in [9.17, 15) is 4.79 Å². The van der Waals surface area contributed by atoms with E-state index in [1.165, 1.54) is 5.56 Å². The summed E-state index contributed by atoms with van der Waals surface area (Å²) < 4.78 is 16.4. The minimum Gasteiger partial charge on any atom is -0.493 e. The van der Waals surface area contributed by atoms with E-state index in [1.54, 1.807) is 21.3 Å². The highest BCUT2D eigenvalue weighted by Gasteiger charge is 2.18. The number of pyridine rings is 1. The molecule has 0 bridgehead atoms. The van der Waals surface area contributed by atoms with Crippen molar-refractivity contribution in [3.63, 3.8) is 0 Å². The maximum absolute atomic E-state index is 13.2. The molecule has 34 heavy (non-hydrogen) atoms. The highest BCUT2D eigenvalue weighted by Crippen LogP contribution is 2.41. The molecule has 1 N–H and O–H groups in total. The molecule has 0 aliphatic carbocycles. The molecular weight excluding hydrogens is 428 g/mol. The van der Waals surface area contributed by atoms with Crippen LogP contribution in [-0.2, 0) is 6.42 Å². The molecule has 1 aromatic heterocycles. The van der Waals surface area contributed by atoms with Gasteiger partial charge >= 0.3 is 0 Å². The Labute approximate surface area is 199 Å². The third kappa shape index (κ3) is 4.96. The maximum atomic E-state index is 13.2. The minimum absolute atomic E-state index is 0.125. The summed E-state index contributed by atoms with van der Waals surface area (Å²) >= 11 is 0. The zero-order valence-electron chi connectivity index (χ0n) is 19.6. The van der Waals surface area contributed by atoms with Crippen molar-refractivity contribution >= 4 is 16.8 Å². The van der Waals surface area contributed by atoms with E-state index < -0.39 is 0 Å². The summed E-state index contributed by atoms with van der Waals surface area (Å²) in [5, 5.41) is 3.87. The number of aromatic nitrogens is 1. The minimum atomic E-state index is -0.125. The summed E-state index contributed by atoms with van der Waals surface area (Å²) in [6.07, 6.45) is 1.77. The SMILES string of the molecule is COc1cc(-c2cc(C(=O)NCCCc3ccccc3)c3ccccc3n2)cc(OC)c1OC. The van der Waals surface area contributed by atoms with E-state index in [4.69, 9.17) is 19.2 Å². The Hall–Kier alpha value is -4.06. The molecular formula is C28H28N2O4. The number of nitrogens with zero attached hydrogens (tertiary/aromatic N) is 1. The standard InChI is InChI=1S/C28H28N2O4/c1-32-25-16-20(17-26(33-2)27(25)34-3)24-18-22(21-13-7-8-14-23(21)30-24)28(31)29-15-9-12-19-10-5-4-6-11-19/h4-8,10-11,13-14,16-18H,9,12,15H2,1-3H3,(H,29,31). The Morgan fingerprint density at radius 2 is 1.53 bits per heavy atom. The number of nitrogens with one attached hydrogen (secondary N) is 1. The number of methoxy groups -OCH3 is 3. The Kier molecular flexibility index (Phi) is 7.28. The van der Waals surface area contributed by atoms with Crippen molar-refractivity contribution in [1.82, 2.24) is 10.3 Å². The lowest BCUT2D eigenvalue weighted by atomic mass is 10.0. The highest BCUT2D eigenvalue weighted by molar-refractivity contribution is 6.07. The zero-order valence-corrected chi connectivity index (χ0v) is 19.6. The molecule has 0 unspecified atom stereocenters. The number of rotatable bonds is 9. The third-order valence-electron chi connectivity index (χ3n) is 5.69. The second-order valence-electron chi connectivity index (χ2n) is 7.83. The summed E-state index contributed by atoms with van der Waals surface area (Å²) in [6, 6.07) is 23.4. The van der Waals surface area contributed by atoms with Gasteiger partial charge in [0.05, 0.1) is 38.1 Å². The molecule has 0 aliphatic rings. The lowest BCUT2D eigenvalue weighted by molar-refractivity contribution is 0.0955. The van der Waals surface area contributed by atoms with Crippen LogP contribution in [0.1, 0.15) is 22.3 Å². The summed E-state index contributed by atoms with van der Waals surface area (Å²) in [4.78, 5) is 18.0. The molecule has 6 heteroatoms. The van der Waals surface area contributed by atoms with Crippen molar-refractivity contribution in [2.24, 2.45) is 0 Å². The van der Waals surface area contributed by atoms with Gasteiger partial charge in [0, 0.05) is 17.5 Å². The molecule has 0 atom stereocenters. The highest BCUT2D eigenvalue weighted by atomic mass is 16.5. The Balaban J connectivity index is 1.64. The van der Waals surface area contributed by atoms with Crippen LogP contribution >= 0.6 is 0 Å². The first-order valence-corrected chi connectivity index (χ1v) is 11.2. The van der Waals surface area contributed by atoms with Crippen molar-refractivity contribution in [3.8, 4) is 28.5 Å². The quantitative estimate of drug-likeness (QED) is 0.347. The largest absolute Gasteiger partial charge is 0.493 e. The van der Waals surface area contributed by atoms with Crippen molar-refractivity contribution in [2.75, 3.05) is 27.9 Å². The first kappa shape index (κ1) is 23.1. The molecule has 0 saturated carbocycles. The maximum Gasteiger partial charge on any atom is 0.252 e. The van der Waals surface area contributed by atoms with Gasteiger partial charge in [0.2, 0.25) is 5.75 Å². The van der Waals surface area contributed by atoms with Crippen molar-refractivity contribution in [3.05, 3.63) is 83.9 Å². The van der Waals surface area contributed by atoms with E-state index in [1.807, 2.05) is 60.7 Å². The fourth-order valence-corrected chi connectivity index (χ4v) is 3.97. The van der Waals surface area contributed by atoms with Gasteiger partial charge in [0.15, 0.2) is 11.5 Å². The smallest absolute Gasteiger partial charge is 0.252 e. The Bertz CT molecular complexity index is 1260. The molecule has 0 spiro atoms. The van der Waals surface area contributed by atoms with Gasteiger partial charge in [0.25, 0.3) is 5.91 Å². The number of carbonyl (C=O) groups excluding carboxylic acids is 1. The van der Waals surface area contributed by atoms with E-state index in [0.717, 1.165) is 29.3 Å². The van der Waals surface area contributed by atoms with Crippen molar-refractivity contribution < 1.29 is 19.0 Å². The molecule has 3 aromatic carbocycles. The predicted octanol–water partition coefficient (Wildman–Crippen LogP) is 5.29. The average Bonchev–Trinajstić information content (AvgIpc) is 2.89. The van der Waals surface area contributed by atoms with Crippen LogP contribution < -0.4 is 19.5 Å². The van der Waals surface area contributed by atoms with Crippen LogP contribution in [0.3, 0.4) is 0 Å². The van der Waals surface area contributed by atoms with Gasteiger partial charge in [-0.05, 0) is 42.7 Å². The first-order chi connectivity index (χ1) is 16.6. The van der Waals surface area contributed by atoms with Gasteiger partial charge in [-0.1, -0.05) is 48.5 Å². The fourth-order valence-electron chi connectivity index (χ4n) is 3.97. The van der Waals surface area contributed by atoms with Crippen molar-refractivity contribution in [2.45, 2.75) is 12.8 Å². The molecule has 0 radical (unpaired) electrons. The number of benzene rings is 3. The topological polar surface area (TPSA) is 69.7 Å². The normalized spacial score (nSPS) is 10.7. The lowest BCUT2D eigenvalue weighted by Crippen LogP contribution is -2.25. The number of carbonyl (C=O) groups is 1. The van der Waals surface area contributed by atoms with Gasteiger partial charge in [-0.25, -0.2) is 4.98 Å². The average molecular weight is 457 g/mol. The van der Waals surface area contributed by atoms with Gasteiger partial charge in [-0.15, -0.1) is 0 Å². The van der Waals surface area contributed by atoms with Crippen LogP contribution in [0.25, 0.3) is 22.2 Å². The lowest BCUT2D eigenvalue weighted by Gasteiger charge is -2.15. The number of amides is 1. The second-order valence-corrected chi connectivity index (χ2v) is 7.83. The number of para-hydroxylation sites is 1. The molecule has 4 aromatic rings. The van der Waals surface area contributed by atoms with Gasteiger partial charge < -0.3 is 19.5 Å². The van der Waals surface area contributed by atoms with Gasteiger partial charge in [0.1, 0.15) is 0 Å². The molecule has 1 amide bonds.